The molecule has 176 valence electrons. The number of carboxylic acids is 1. The molecule has 10 heteroatoms. The maximum atomic E-state index is 12.4. The quantitative estimate of drug-likeness (QED) is 0.379. The lowest BCUT2D eigenvalue weighted by Gasteiger charge is -2.14. The Balaban J connectivity index is 1.33. The number of aromatic amines is 1. The zero-order valence-electron chi connectivity index (χ0n) is 18.6. The van der Waals surface area contributed by atoms with Crippen LogP contribution in [0.3, 0.4) is 0 Å². The summed E-state index contributed by atoms with van der Waals surface area (Å²) in [5.41, 5.74) is 4.46. The van der Waals surface area contributed by atoms with Crippen molar-refractivity contribution >= 4 is 23.9 Å². The van der Waals surface area contributed by atoms with Crippen LogP contribution in [-0.4, -0.2) is 50.9 Å². The molecule has 0 saturated carbocycles. The van der Waals surface area contributed by atoms with E-state index in [9.17, 15) is 14.4 Å². The molecule has 1 aliphatic rings. The molecule has 1 aliphatic carbocycles. The number of fused-ring (bicyclic) bond motifs is 3. The van der Waals surface area contributed by atoms with Crippen molar-refractivity contribution in [2.45, 2.75) is 38.1 Å². The Morgan fingerprint density at radius 1 is 1.09 bits per heavy atom. The fourth-order valence-electron chi connectivity index (χ4n) is 4.07. The summed E-state index contributed by atoms with van der Waals surface area (Å²) in [6, 6.07) is 15.7. The number of benzene rings is 2. The number of hydrogen-bond donors (Lipinski definition) is 4. The number of amides is 2. The second-order valence-electron chi connectivity index (χ2n) is 7.97. The summed E-state index contributed by atoms with van der Waals surface area (Å²) in [6.45, 7) is 1.98. The van der Waals surface area contributed by atoms with Crippen molar-refractivity contribution in [1.29, 1.82) is 0 Å². The highest BCUT2D eigenvalue weighted by Crippen LogP contribution is 2.44. The Morgan fingerprint density at radius 2 is 1.74 bits per heavy atom. The molecule has 34 heavy (non-hydrogen) atoms. The predicted molar refractivity (Wildman–Crippen MR) is 123 cm³/mol. The molecular formula is C24H25N5O5. The summed E-state index contributed by atoms with van der Waals surface area (Å²) in [6.07, 6.45) is 0.0824. The van der Waals surface area contributed by atoms with E-state index < -0.39 is 18.0 Å². The minimum atomic E-state index is -0.929. The second-order valence-corrected chi connectivity index (χ2v) is 7.97. The van der Waals surface area contributed by atoms with E-state index in [4.69, 9.17) is 9.84 Å². The average molecular weight is 463 g/mol. The third-order valence-electron chi connectivity index (χ3n) is 5.79. The number of nitrogens with one attached hydrogen (secondary N) is 3. The van der Waals surface area contributed by atoms with E-state index in [1.54, 1.807) is 0 Å². The van der Waals surface area contributed by atoms with Crippen LogP contribution in [0.2, 0.25) is 0 Å². The molecule has 0 saturated heterocycles. The zero-order valence-corrected chi connectivity index (χ0v) is 18.6. The standard InChI is InChI=1S/C24H25N5O5/c1-2-14(11-12-20(30)31)25-22(32)21-26-23(29-28-21)27-24(33)34-13-19-17-9-5-3-7-15(17)16-8-4-6-10-18(16)19/h3-10,14,19H,2,11-13H2,1H3,(H,25,32)(H,30,31)(H2,26,27,28,29,33). The van der Waals surface area contributed by atoms with Crippen LogP contribution in [0.15, 0.2) is 48.5 Å². The molecule has 2 amide bonds. The second kappa shape index (κ2) is 10.2. The fraction of sp³-hybridized carbons (Fsp3) is 0.292. The molecule has 1 heterocycles. The molecule has 1 unspecified atom stereocenters. The average Bonchev–Trinajstić information content (AvgIpc) is 3.43. The molecule has 0 aliphatic heterocycles. The lowest BCUT2D eigenvalue weighted by molar-refractivity contribution is -0.137. The van der Waals surface area contributed by atoms with Crippen molar-refractivity contribution in [2.24, 2.45) is 0 Å². The van der Waals surface area contributed by atoms with Crippen LogP contribution in [0.4, 0.5) is 10.7 Å². The molecule has 1 atom stereocenters. The summed E-state index contributed by atoms with van der Waals surface area (Å²) >= 11 is 0. The molecule has 0 fully saturated rings. The van der Waals surface area contributed by atoms with E-state index in [0.717, 1.165) is 22.3 Å². The van der Waals surface area contributed by atoms with Gasteiger partial charge in [-0.25, -0.2) is 4.79 Å². The van der Waals surface area contributed by atoms with Crippen molar-refractivity contribution < 1.29 is 24.2 Å². The van der Waals surface area contributed by atoms with Crippen molar-refractivity contribution in [3.63, 3.8) is 0 Å². The van der Waals surface area contributed by atoms with Gasteiger partial charge < -0.3 is 15.2 Å². The molecule has 0 bridgehead atoms. The van der Waals surface area contributed by atoms with Gasteiger partial charge in [0.2, 0.25) is 5.82 Å². The first-order chi connectivity index (χ1) is 16.5. The van der Waals surface area contributed by atoms with Gasteiger partial charge >= 0.3 is 12.1 Å². The normalized spacial score (nSPS) is 13.0. The Bertz CT molecular complexity index is 1160. The van der Waals surface area contributed by atoms with Gasteiger partial charge in [0.25, 0.3) is 11.9 Å². The minimum absolute atomic E-state index is 0.0518. The fourth-order valence-corrected chi connectivity index (χ4v) is 4.07. The predicted octanol–water partition coefficient (Wildman–Crippen LogP) is 3.54. The Hall–Kier alpha value is -4.21. The van der Waals surface area contributed by atoms with Gasteiger partial charge in [0, 0.05) is 18.4 Å². The Labute approximate surface area is 195 Å². The van der Waals surface area contributed by atoms with Crippen LogP contribution in [0.1, 0.15) is 53.8 Å². The van der Waals surface area contributed by atoms with Crippen LogP contribution in [0.5, 0.6) is 0 Å². The van der Waals surface area contributed by atoms with Crippen LogP contribution >= 0.6 is 0 Å². The Kier molecular flexibility index (Phi) is 6.86. The lowest BCUT2D eigenvalue weighted by Crippen LogP contribution is -2.35. The highest BCUT2D eigenvalue weighted by atomic mass is 16.5. The Morgan fingerprint density at radius 3 is 2.35 bits per heavy atom. The SMILES string of the molecule is CCC(CCC(=O)O)NC(=O)c1nc(NC(=O)OCC2c3ccccc3-c3ccccc32)n[nH]1. The number of carbonyl (C=O) groups is 3. The first-order valence-electron chi connectivity index (χ1n) is 11.0. The van der Waals surface area contributed by atoms with E-state index in [0.29, 0.717) is 12.8 Å². The number of H-pyrrole nitrogens is 1. The van der Waals surface area contributed by atoms with Crippen molar-refractivity contribution in [3.05, 3.63) is 65.5 Å². The lowest BCUT2D eigenvalue weighted by atomic mass is 9.98. The van der Waals surface area contributed by atoms with Gasteiger partial charge in [-0.05, 0) is 35.1 Å². The van der Waals surface area contributed by atoms with E-state index in [1.807, 2.05) is 43.3 Å². The van der Waals surface area contributed by atoms with Gasteiger partial charge in [0.15, 0.2) is 0 Å². The van der Waals surface area contributed by atoms with Gasteiger partial charge in [-0.2, -0.15) is 4.98 Å². The highest BCUT2D eigenvalue weighted by Gasteiger charge is 2.29. The minimum Gasteiger partial charge on any atom is -0.481 e. The number of hydrogen-bond acceptors (Lipinski definition) is 6. The van der Waals surface area contributed by atoms with Crippen molar-refractivity contribution in [3.8, 4) is 11.1 Å². The number of carboxylic acid groups (broad SMARTS) is 1. The topological polar surface area (TPSA) is 146 Å². The molecule has 0 radical (unpaired) electrons. The number of aliphatic carboxylic acids is 1. The number of anilines is 1. The smallest absolute Gasteiger partial charge is 0.414 e. The number of nitrogens with zero attached hydrogens (tertiary/aromatic N) is 2. The number of carbonyl (C=O) groups excluding carboxylic acids is 2. The van der Waals surface area contributed by atoms with E-state index in [-0.39, 0.29) is 36.8 Å². The van der Waals surface area contributed by atoms with Gasteiger partial charge in [-0.1, -0.05) is 55.5 Å². The van der Waals surface area contributed by atoms with Gasteiger partial charge in [0.1, 0.15) is 6.61 Å². The van der Waals surface area contributed by atoms with Crippen LogP contribution in [0, 0.1) is 0 Å². The monoisotopic (exact) mass is 463 g/mol. The molecule has 4 rings (SSSR count). The van der Waals surface area contributed by atoms with Gasteiger partial charge in [-0.3, -0.25) is 20.0 Å². The highest BCUT2D eigenvalue weighted by molar-refractivity contribution is 5.91. The number of aromatic nitrogens is 3. The summed E-state index contributed by atoms with van der Waals surface area (Å²) in [4.78, 5) is 39.4. The summed E-state index contributed by atoms with van der Waals surface area (Å²) in [5.74, 6) is -1.74. The summed E-state index contributed by atoms with van der Waals surface area (Å²) < 4.78 is 5.45. The summed E-state index contributed by atoms with van der Waals surface area (Å²) in [5, 5.41) is 20.2. The van der Waals surface area contributed by atoms with Crippen molar-refractivity contribution in [1.82, 2.24) is 20.5 Å². The molecule has 0 spiro atoms. The molecule has 3 aromatic rings. The summed E-state index contributed by atoms with van der Waals surface area (Å²) in [7, 11) is 0. The van der Waals surface area contributed by atoms with Crippen LogP contribution < -0.4 is 10.6 Å². The maximum absolute atomic E-state index is 12.4. The molecule has 4 N–H and O–H groups in total. The van der Waals surface area contributed by atoms with Crippen LogP contribution in [0.25, 0.3) is 11.1 Å². The van der Waals surface area contributed by atoms with E-state index >= 15 is 0 Å². The molecule has 1 aromatic heterocycles. The third-order valence-corrected chi connectivity index (χ3v) is 5.79. The van der Waals surface area contributed by atoms with Crippen LogP contribution in [-0.2, 0) is 9.53 Å². The first kappa shape index (κ1) is 23.0. The largest absolute Gasteiger partial charge is 0.481 e. The number of ether oxygens (including phenoxy) is 1. The number of rotatable bonds is 9. The maximum Gasteiger partial charge on any atom is 0.414 e. The van der Waals surface area contributed by atoms with Crippen molar-refractivity contribution in [2.75, 3.05) is 11.9 Å². The first-order valence-corrected chi connectivity index (χ1v) is 11.0. The van der Waals surface area contributed by atoms with Gasteiger partial charge in [-0.15, -0.1) is 5.10 Å². The molecule has 2 aromatic carbocycles. The molecular weight excluding hydrogens is 438 g/mol. The van der Waals surface area contributed by atoms with E-state index in [1.165, 1.54) is 0 Å². The zero-order chi connectivity index (χ0) is 24.1. The van der Waals surface area contributed by atoms with Gasteiger partial charge in [0.05, 0.1) is 0 Å². The van der Waals surface area contributed by atoms with E-state index in [2.05, 4.69) is 37.9 Å². The third kappa shape index (κ3) is 5.06. The molecule has 10 nitrogen and oxygen atoms in total.